The number of hydrogen-bond acceptors (Lipinski definition) is 5. The van der Waals surface area contributed by atoms with Gasteiger partial charge in [-0.3, -0.25) is 4.98 Å². The highest BCUT2D eigenvalue weighted by molar-refractivity contribution is 7.80. The van der Waals surface area contributed by atoms with Crippen LogP contribution in [-0.2, 0) is 0 Å². The Morgan fingerprint density at radius 2 is 1.51 bits per heavy atom. The van der Waals surface area contributed by atoms with Crippen LogP contribution in [0.4, 0.5) is 5.69 Å². The maximum absolute atomic E-state index is 6.08. The molecule has 0 bridgehead atoms. The number of methoxy groups -OCH3 is 1. The molecule has 4 heterocycles. The second-order valence-electron chi connectivity index (χ2n) is 10.1. The first-order chi connectivity index (χ1) is 19.9. The van der Waals surface area contributed by atoms with Crippen LogP contribution < -0.4 is 19.7 Å². The van der Waals surface area contributed by atoms with Gasteiger partial charge in [-0.1, -0.05) is 6.07 Å². The molecule has 1 saturated heterocycles. The van der Waals surface area contributed by atoms with E-state index in [4.69, 9.17) is 26.7 Å². The number of nitrogens with one attached hydrogen (secondary N) is 1. The lowest BCUT2D eigenvalue weighted by atomic mass is 9.96. The molecule has 7 nitrogen and oxygen atoms in total. The number of rotatable bonds is 7. The highest BCUT2D eigenvalue weighted by Gasteiger charge is 2.42. The zero-order valence-corrected chi connectivity index (χ0v) is 24.2. The molecule has 2 atom stereocenters. The molecule has 3 aromatic heterocycles. The predicted molar refractivity (Wildman–Crippen MR) is 165 cm³/mol. The van der Waals surface area contributed by atoms with Crippen molar-refractivity contribution in [2.45, 2.75) is 32.9 Å². The Bertz CT molecular complexity index is 1680. The van der Waals surface area contributed by atoms with E-state index in [1.807, 2.05) is 85.2 Å². The number of thiocarbonyl (C=S) groups is 1. The van der Waals surface area contributed by atoms with Crippen LogP contribution in [0.3, 0.4) is 0 Å². The molecule has 41 heavy (non-hydrogen) atoms. The molecule has 0 spiro atoms. The Balaban J connectivity index is 1.39. The number of aryl methyl sites for hydroxylation is 2. The first-order valence-electron chi connectivity index (χ1n) is 13.5. The molecule has 0 amide bonds. The van der Waals surface area contributed by atoms with E-state index in [2.05, 4.69) is 52.7 Å². The van der Waals surface area contributed by atoms with E-state index < -0.39 is 0 Å². The van der Waals surface area contributed by atoms with Crippen molar-refractivity contribution in [3.05, 3.63) is 126 Å². The number of aromatic nitrogens is 3. The summed E-state index contributed by atoms with van der Waals surface area (Å²) >= 11 is 5.96. The largest absolute Gasteiger partial charge is 0.497 e. The fraction of sp³-hybridized carbons (Fsp3) is 0.182. The van der Waals surface area contributed by atoms with Crippen molar-refractivity contribution in [3.63, 3.8) is 0 Å². The fourth-order valence-corrected chi connectivity index (χ4v) is 5.83. The van der Waals surface area contributed by atoms with Crippen LogP contribution >= 0.6 is 12.2 Å². The van der Waals surface area contributed by atoms with E-state index in [0.29, 0.717) is 5.11 Å². The van der Waals surface area contributed by atoms with Crippen molar-refractivity contribution in [3.8, 4) is 23.1 Å². The summed E-state index contributed by atoms with van der Waals surface area (Å²) in [5.74, 6) is 3.16. The molecule has 0 unspecified atom stereocenters. The summed E-state index contributed by atoms with van der Waals surface area (Å²) < 4.78 is 13.5. The van der Waals surface area contributed by atoms with Crippen LogP contribution in [0, 0.1) is 20.8 Å². The summed E-state index contributed by atoms with van der Waals surface area (Å²) in [5, 5.41) is 4.21. The van der Waals surface area contributed by atoms with Gasteiger partial charge in [0.25, 0.3) is 0 Å². The highest BCUT2D eigenvalue weighted by Crippen LogP contribution is 2.44. The number of benzene rings is 2. The van der Waals surface area contributed by atoms with Crippen LogP contribution in [0.15, 0.2) is 97.3 Å². The summed E-state index contributed by atoms with van der Waals surface area (Å²) in [5.41, 5.74) is 6.44. The molecule has 206 valence electrons. The molecular formula is C33H31N5O2S. The third kappa shape index (κ3) is 5.14. The number of hydrogen-bond donors (Lipinski definition) is 1. The van der Waals surface area contributed by atoms with E-state index >= 15 is 0 Å². The van der Waals surface area contributed by atoms with Gasteiger partial charge in [-0.05, 0) is 123 Å². The van der Waals surface area contributed by atoms with Crippen molar-refractivity contribution in [2.24, 2.45) is 0 Å². The lowest BCUT2D eigenvalue weighted by Gasteiger charge is -2.28. The summed E-state index contributed by atoms with van der Waals surface area (Å²) in [6, 6.07) is 27.6. The van der Waals surface area contributed by atoms with Crippen molar-refractivity contribution in [2.75, 3.05) is 12.0 Å². The number of anilines is 1. The molecule has 0 aliphatic carbocycles. The smallest absolute Gasteiger partial charge is 0.174 e. The molecule has 6 rings (SSSR count). The van der Waals surface area contributed by atoms with Crippen molar-refractivity contribution >= 4 is 23.0 Å². The fourth-order valence-electron chi connectivity index (χ4n) is 5.49. The van der Waals surface area contributed by atoms with E-state index in [9.17, 15) is 0 Å². The topological polar surface area (TPSA) is 64.4 Å². The summed E-state index contributed by atoms with van der Waals surface area (Å²) in [7, 11) is 1.65. The monoisotopic (exact) mass is 561 g/mol. The standard InChI is InChI=1S/C33H31N5O2S/c1-21-16-18-35-30(19-21)37-22(2)20-28(23(37)3)32-31(29-7-5-6-17-34-29)36-33(41)38(32)24-8-10-26(11-9-24)40-27-14-12-25(39-4)13-15-27/h5-20,31-32H,1-4H3,(H,36,41)/t31-,32-/m0/s1. The number of pyridine rings is 2. The minimum Gasteiger partial charge on any atom is -0.497 e. The molecule has 1 aliphatic rings. The zero-order valence-electron chi connectivity index (χ0n) is 23.4. The van der Waals surface area contributed by atoms with Gasteiger partial charge in [0.05, 0.1) is 24.9 Å². The Morgan fingerprint density at radius 3 is 2.17 bits per heavy atom. The average molecular weight is 562 g/mol. The van der Waals surface area contributed by atoms with Gasteiger partial charge < -0.3 is 24.3 Å². The second kappa shape index (κ2) is 11.1. The maximum Gasteiger partial charge on any atom is 0.174 e. The van der Waals surface area contributed by atoms with Gasteiger partial charge in [0.2, 0.25) is 0 Å². The SMILES string of the molecule is COc1ccc(Oc2ccc(N3C(=S)N[C@@H](c4ccccn4)[C@@H]3c3cc(C)n(-c4cc(C)ccn4)c3C)cc2)cc1. The first-order valence-corrected chi connectivity index (χ1v) is 13.9. The van der Waals surface area contributed by atoms with Crippen molar-refractivity contribution in [1.82, 2.24) is 19.9 Å². The Morgan fingerprint density at radius 1 is 0.805 bits per heavy atom. The van der Waals surface area contributed by atoms with Gasteiger partial charge >= 0.3 is 0 Å². The molecule has 0 saturated carbocycles. The minimum absolute atomic E-state index is 0.129. The van der Waals surface area contributed by atoms with Gasteiger partial charge in [-0.2, -0.15) is 0 Å². The van der Waals surface area contributed by atoms with Crippen LogP contribution in [0.5, 0.6) is 17.2 Å². The number of nitrogens with zero attached hydrogens (tertiary/aromatic N) is 4. The van der Waals surface area contributed by atoms with E-state index in [1.165, 1.54) is 0 Å². The highest BCUT2D eigenvalue weighted by atomic mass is 32.1. The summed E-state index contributed by atoms with van der Waals surface area (Å²) in [6.07, 6.45) is 3.68. The van der Waals surface area contributed by atoms with Gasteiger partial charge in [-0.25, -0.2) is 4.98 Å². The molecule has 8 heteroatoms. The normalized spacial score (nSPS) is 16.5. The van der Waals surface area contributed by atoms with E-state index in [-0.39, 0.29) is 12.1 Å². The third-order valence-corrected chi connectivity index (χ3v) is 7.74. The quantitative estimate of drug-likeness (QED) is 0.211. The van der Waals surface area contributed by atoms with Crippen LogP contribution in [0.25, 0.3) is 5.82 Å². The van der Waals surface area contributed by atoms with Crippen molar-refractivity contribution in [1.29, 1.82) is 0 Å². The zero-order chi connectivity index (χ0) is 28.5. The van der Waals surface area contributed by atoms with Crippen LogP contribution in [-0.4, -0.2) is 26.8 Å². The van der Waals surface area contributed by atoms with Gasteiger partial charge in [-0.15, -0.1) is 0 Å². The first kappa shape index (κ1) is 26.5. The van der Waals surface area contributed by atoms with Gasteiger partial charge in [0.15, 0.2) is 5.11 Å². The summed E-state index contributed by atoms with van der Waals surface area (Å²) in [4.78, 5) is 11.6. The van der Waals surface area contributed by atoms with Crippen LogP contribution in [0.1, 0.15) is 40.3 Å². The molecule has 1 aliphatic heterocycles. The Labute approximate surface area is 245 Å². The molecule has 0 radical (unpaired) electrons. The Hall–Kier alpha value is -4.69. The van der Waals surface area contributed by atoms with E-state index in [1.54, 1.807) is 7.11 Å². The molecular weight excluding hydrogens is 530 g/mol. The minimum atomic E-state index is -0.140. The van der Waals surface area contributed by atoms with Crippen molar-refractivity contribution < 1.29 is 9.47 Å². The second-order valence-corrected chi connectivity index (χ2v) is 10.5. The lowest BCUT2D eigenvalue weighted by Crippen LogP contribution is -2.29. The van der Waals surface area contributed by atoms with Gasteiger partial charge in [0, 0.05) is 29.5 Å². The summed E-state index contributed by atoms with van der Waals surface area (Å²) in [6.45, 7) is 6.35. The Kier molecular flexibility index (Phi) is 7.15. The van der Waals surface area contributed by atoms with Crippen LogP contribution in [0.2, 0.25) is 0 Å². The third-order valence-electron chi connectivity index (χ3n) is 7.43. The molecule has 1 fully saturated rings. The molecule has 2 aromatic carbocycles. The molecule has 1 N–H and O–H groups in total. The lowest BCUT2D eigenvalue weighted by molar-refractivity contribution is 0.413. The average Bonchev–Trinajstić information content (AvgIpc) is 3.49. The number of ether oxygens (including phenoxy) is 2. The van der Waals surface area contributed by atoms with Gasteiger partial charge in [0.1, 0.15) is 23.1 Å². The molecule has 5 aromatic rings. The maximum atomic E-state index is 6.08. The predicted octanol–water partition coefficient (Wildman–Crippen LogP) is 7.17. The van der Waals surface area contributed by atoms with E-state index in [0.717, 1.165) is 57.0 Å².